The summed E-state index contributed by atoms with van der Waals surface area (Å²) in [6, 6.07) is 5.40. The summed E-state index contributed by atoms with van der Waals surface area (Å²) >= 11 is 0. The molecule has 0 saturated heterocycles. The molecule has 1 aliphatic rings. The highest BCUT2D eigenvalue weighted by Gasteiger charge is 2.33. The standard InChI is InChI=1S/C17H22F3NO5/c1-2-24-16(23)10-25-14-6-4-11-3-5-13(7-12(11)8-14)21-9-15(22)26-17(18,19)20/h4,6,8,13,15,21-22H,2-3,5,7,9-10H2,1H3/t13?,15-/m0/s1. The lowest BCUT2D eigenvalue weighted by Gasteiger charge is -2.27. The average Bonchev–Trinajstić information content (AvgIpc) is 2.56. The number of rotatable bonds is 8. The van der Waals surface area contributed by atoms with Gasteiger partial charge in [-0.15, -0.1) is 13.2 Å². The summed E-state index contributed by atoms with van der Waals surface area (Å²) in [7, 11) is 0. The van der Waals surface area contributed by atoms with Crippen LogP contribution in [-0.4, -0.2) is 49.5 Å². The fraction of sp³-hybridized carbons (Fsp3) is 0.588. The lowest BCUT2D eigenvalue weighted by Crippen LogP contribution is -2.41. The minimum atomic E-state index is -4.87. The number of carbonyl (C=O) groups excluding carboxylic acids is 1. The van der Waals surface area contributed by atoms with Gasteiger partial charge in [0.15, 0.2) is 12.9 Å². The van der Waals surface area contributed by atoms with Crippen LogP contribution in [0, 0.1) is 0 Å². The fourth-order valence-electron chi connectivity index (χ4n) is 2.81. The van der Waals surface area contributed by atoms with Crippen molar-refractivity contribution in [3.05, 3.63) is 29.3 Å². The molecule has 9 heteroatoms. The van der Waals surface area contributed by atoms with Gasteiger partial charge in [-0.25, -0.2) is 4.79 Å². The summed E-state index contributed by atoms with van der Waals surface area (Å²) in [6.45, 7) is 1.48. The number of nitrogens with one attached hydrogen (secondary N) is 1. The van der Waals surface area contributed by atoms with Gasteiger partial charge in [0.25, 0.3) is 0 Å². The molecule has 1 aromatic carbocycles. The number of halogens is 3. The van der Waals surface area contributed by atoms with Crippen LogP contribution in [0.25, 0.3) is 0 Å². The lowest BCUT2D eigenvalue weighted by molar-refractivity contribution is -0.370. The van der Waals surface area contributed by atoms with Crippen molar-refractivity contribution in [1.29, 1.82) is 0 Å². The number of hydrogen-bond acceptors (Lipinski definition) is 6. The number of aliphatic hydroxyl groups is 1. The predicted octanol–water partition coefficient (Wildman–Crippen LogP) is 1.93. The molecule has 1 aliphatic carbocycles. The molecule has 0 spiro atoms. The molecule has 1 aromatic rings. The van der Waals surface area contributed by atoms with Crippen LogP contribution in [0.1, 0.15) is 24.5 Å². The predicted molar refractivity (Wildman–Crippen MR) is 85.5 cm³/mol. The Balaban J connectivity index is 1.86. The van der Waals surface area contributed by atoms with Crippen LogP contribution in [0.2, 0.25) is 0 Å². The van der Waals surface area contributed by atoms with Gasteiger partial charge in [-0.3, -0.25) is 4.74 Å². The van der Waals surface area contributed by atoms with Gasteiger partial charge in [0, 0.05) is 12.6 Å². The van der Waals surface area contributed by atoms with Crippen LogP contribution in [0.15, 0.2) is 18.2 Å². The van der Waals surface area contributed by atoms with Crippen molar-refractivity contribution in [1.82, 2.24) is 5.32 Å². The summed E-state index contributed by atoms with van der Waals surface area (Å²) in [5.74, 6) is 0.0707. The quantitative estimate of drug-likeness (QED) is 0.533. The average molecular weight is 377 g/mol. The van der Waals surface area contributed by atoms with Crippen molar-refractivity contribution < 1.29 is 37.3 Å². The van der Waals surface area contributed by atoms with Crippen molar-refractivity contribution >= 4 is 5.97 Å². The molecule has 0 fully saturated rings. The van der Waals surface area contributed by atoms with Gasteiger partial charge in [0.05, 0.1) is 6.61 Å². The summed E-state index contributed by atoms with van der Waals surface area (Å²) in [5, 5.41) is 12.1. The smallest absolute Gasteiger partial charge is 0.482 e. The normalized spacial score (nSPS) is 18.1. The molecule has 0 amide bonds. The van der Waals surface area contributed by atoms with Gasteiger partial charge in [0.1, 0.15) is 5.75 Å². The first-order valence-corrected chi connectivity index (χ1v) is 8.33. The highest BCUT2D eigenvalue weighted by Crippen LogP contribution is 2.26. The topological polar surface area (TPSA) is 77.0 Å². The van der Waals surface area contributed by atoms with E-state index in [4.69, 9.17) is 9.47 Å². The van der Waals surface area contributed by atoms with Crippen molar-refractivity contribution in [3.8, 4) is 5.75 Å². The maximum Gasteiger partial charge on any atom is 0.524 e. The van der Waals surface area contributed by atoms with E-state index in [-0.39, 0.29) is 25.8 Å². The fourth-order valence-corrected chi connectivity index (χ4v) is 2.81. The van der Waals surface area contributed by atoms with Crippen molar-refractivity contribution in [2.75, 3.05) is 19.8 Å². The zero-order valence-corrected chi connectivity index (χ0v) is 14.3. The van der Waals surface area contributed by atoms with Gasteiger partial charge in [-0.1, -0.05) is 6.07 Å². The Labute approximate surface area is 149 Å². The molecule has 2 atom stereocenters. The van der Waals surface area contributed by atoms with Gasteiger partial charge >= 0.3 is 12.3 Å². The molecule has 2 N–H and O–H groups in total. The zero-order valence-electron chi connectivity index (χ0n) is 14.3. The summed E-state index contributed by atoms with van der Waals surface area (Å²) in [6.07, 6.45) is -4.76. The maximum absolute atomic E-state index is 12.0. The molecule has 146 valence electrons. The third kappa shape index (κ3) is 6.81. The van der Waals surface area contributed by atoms with Crippen LogP contribution in [0.3, 0.4) is 0 Å². The molecular weight excluding hydrogens is 355 g/mol. The first-order valence-electron chi connectivity index (χ1n) is 8.33. The van der Waals surface area contributed by atoms with E-state index in [9.17, 15) is 23.1 Å². The Morgan fingerprint density at radius 2 is 2.15 bits per heavy atom. The molecule has 6 nitrogen and oxygen atoms in total. The molecule has 0 saturated carbocycles. The molecule has 0 radical (unpaired) electrons. The largest absolute Gasteiger partial charge is 0.524 e. The minimum Gasteiger partial charge on any atom is -0.482 e. The van der Waals surface area contributed by atoms with Crippen LogP contribution in [-0.2, 0) is 27.1 Å². The number of esters is 1. The Morgan fingerprint density at radius 3 is 2.85 bits per heavy atom. The maximum atomic E-state index is 12.0. The van der Waals surface area contributed by atoms with E-state index < -0.39 is 18.6 Å². The molecule has 2 rings (SSSR count). The molecule has 1 unspecified atom stereocenters. The molecule has 0 bridgehead atoms. The number of aliphatic hydroxyl groups excluding tert-OH is 1. The highest BCUT2D eigenvalue weighted by molar-refractivity contribution is 5.71. The highest BCUT2D eigenvalue weighted by atomic mass is 19.4. The number of fused-ring (bicyclic) bond motifs is 1. The first kappa shape index (κ1) is 20.5. The zero-order chi connectivity index (χ0) is 19.2. The monoisotopic (exact) mass is 377 g/mol. The van der Waals surface area contributed by atoms with Gasteiger partial charge in [0.2, 0.25) is 0 Å². The second-order valence-corrected chi connectivity index (χ2v) is 5.89. The third-order valence-corrected chi connectivity index (χ3v) is 3.92. The number of benzene rings is 1. The van der Waals surface area contributed by atoms with Crippen LogP contribution in [0.5, 0.6) is 5.75 Å². The van der Waals surface area contributed by atoms with E-state index in [1.807, 2.05) is 12.1 Å². The number of aryl methyl sites for hydroxylation is 1. The van der Waals surface area contributed by atoms with E-state index in [1.165, 1.54) is 0 Å². The minimum absolute atomic E-state index is 0.0886. The van der Waals surface area contributed by atoms with Crippen molar-refractivity contribution in [2.45, 2.75) is 44.9 Å². The van der Waals surface area contributed by atoms with Crippen molar-refractivity contribution in [2.24, 2.45) is 0 Å². The van der Waals surface area contributed by atoms with E-state index in [0.29, 0.717) is 12.2 Å². The number of carbonyl (C=O) groups is 1. The molecule has 26 heavy (non-hydrogen) atoms. The first-order chi connectivity index (χ1) is 12.3. The SMILES string of the molecule is CCOC(=O)COc1ccc2c(c1)CC(NC[C@@H](O)OC(F)(F)F)CC2. The van der Waals surface area contributed by atoms with E-state index in [0.717, 1.165) is 24.0 Å². The Bertz CT molecular complexity index is 609. The number of ether oxygens (including phenoxy) is 3. The Hall–Kier alpha value is -1.84. The van der Waals surface area contributed by atoms with E-state index >= 15 is 0 Å². The number of alkyl halides is 3. The second kappa shape index (κ2) is 9.20. The van der Waals surface area contributed by atoms with Crippen LogP contribution in [0.4, 0.5) is 13.2 Å². The summed E-state index contributed by atoms with van der Waals surface area (Å²) < 4.78 is 49.8. The molecule has 0 aromatic heterocycles. The Kier molecular flexibility index (Phi) is 7.24. The summed E-state index contributed by atoms with van der Waals surface area (Å²) in [5.41, 5.74) is 2.11. The van der Waals surface area contributed by atoms with Gasteiger partial charge in [-0.05, 0) is 49.4 Å². The van der Waals surface area contributed by atoms with Crippen molar-refractivity contribution in [3.63, 3.8) is 0 Å². The van der Waals surface area contributed by atoms with Crippen LogP contribution >= 0.6 is 0 Å². The van der Waals surface area contributed by atoms with Gasteiger partial charge in [-0.2, -0.15) is 0 Å². The Morgan fingerprint density at radius 1 is 1.38 bits per heavy atom. The molecule has 0 heterocycles. The molecular formula is C17H22F3NO5. The second-order valence-electron chi connectivity index (χ2n) is 5.89. The van der Waals surface area contributed by atoms with Gasteiger partial charge < -0.3 is 19.9 Å². The third-order valence-electron chi connectivity index (χ3n) is 3.92. The van der Waals surface area contributed by atoms with E-state index in [2.05, 4.69) is 10.1 Å². The number of hydrogen-bond donors (Lipinski definition) is 2. The van der Waals surface area contributed by atoms with E-state index in [1.54, 1.807) is 13.0 Å². The molecule has 0 aliphatic heterocycles. The van der Waals surface area contributed by atoms with Crippen LogP contribution < -0.4 is 10.1 Å². The lowest BCUT2D eigenvalue weighted by atomic mass is 9.88. The summed E-state index contributed by atoms with van der Waals surface area (Å²) in [4.78, 5) is 11.3.